The summed E-state index contributed by atoms with van der Waals surface area (Å²) in [7, 11) is 0. The van der Waals surface area contributed by atoms with E-state index in [1.165, 1.54) is 44.8 Å². The Hall–Kier alpha value is -5.18. The van der Waals surface area contributed by atoms with Crippen molar-refractivity contribution in [3.8, 4) is 11.5 Å². The number of halogens is 6. The van der Waals surface area contributed by atoms with E-state index in [9.17, 15) is 26.3 Å². The van der Waals surface area contributed by atoms with E-state index in [1.807, 2.05) is 0 Å². The number of hydrogen-bond acceptors (Lipinski definition) is 2. The predicted octanol–water partition coefficient (Wildman–Crippen LogP) is 13.0. The SMILES string of the molecule is Oc1ccc(C(F)(F)F)cc1.Oc1ccc(C(F)(F)F)cc1.[Zr+2]=[Si](Cc1ccccc1)Cc1ccccc1.c1ccc2[cH-]ccc2c1.c1ccc2[cH-]ccc2c1. The number of phenols is 2. The van der Waals surface area contributed by atoms with Gasteiger partial charge in [-0.05, 0) is 48.5 Å². The molecule has 0 atom stereocenters. The van der Waals surface area contributed by atoms with Crippen molar-refractivity contribution in [1.82, 2.24) is 0 Å². The van der Waals surface area contributed by atoms with E-state index in [2.05, 4.69) is 146 Å². The van der Waals surface area contributed by atoms with Crippen LogP contribution in [0.1, 0.15) is 22.3 Å². The number of alkyl halides is 6. The third kappa shape index (κ3) is 15.5. The Labute approximate surface area is 337 Å². The van der Waals surface area contributed by atoms with Gasteiger partial charge in [-0.25, -0.2) is 0 Å². The molecule has 8 aromatic rings. The fraction of sp³-hybridized carbons (Fsp3) is 0.0870. The first-order valence-corrected chi connectivity index (χ1v) is 23.0. The molecule has 284 valence electrons. The van der Waals surface area contributed by atoms with E-state index in [4.69, 9.17) is 10.2 Å². The fourth-order valence-corrected chi connectivity index (χ4v) is 9.78. The van der Waals surface area contributed by atoms with Crippen molar-refractivity contribution >= 4 is 27.0 Å². The quantitative estimate of drug-likeness (QED) is 0.105. The Morgan fingerprint density at radius 1 is 0.429 bits per heavy atom. The first-order valence-electron chi connectivity index (χ1n) is 17.4. The number of aromatic hydroxyl groups is 2. The molecule has 0 amide bonds. The van der Waals surface area contributed by atoms with Gasteiger partial charge in [0.1, 0.15) is 11.5 Å². The Balaban J connectivity index is 0.000000158. The van der Waals surface area contributed by atoms with E-state index >= 15 is 0 Å². The topological polar surface area (TPSA) is 40.5 Å². The number of fused-ring (bicyclic) bond motifs is 2. The molecule has 0 aliphatic heterocycles. The Bertz CT molecular complexity index is 2090. The van der Waals surface area contributed by atoms with E-state index < -0.39 is 23.5 Å². The molecule has 8 rings (SSSR count). The molecule has 0 saturated carbocycles. The summed E-state index contributed by atoms with van der Waals surface area (Å²) in [5.74, 6) is -0.337. The molecular weight excluding hydrogens is 818 g/mol. The molecule has 0 unspecified atom stereocenters. The molecule has 0 bridgehead atoms. The van der Waals surface area contributed by atoms with Crippen LogP contribution in [0.15, 0.2) is 194 Å². The molecule has 0 heterocycles. The van der Waals surface area contributed by atoms with Crippen molar-refractivity contribution in [2.45, 2.75) is 24.4 Å². The zero-order valence-electron chi connectivity index (χ0n) is 30.1. The third-order valence-electron chi connectivity index (χ3n) is 8.01. The Kier molecular flexibility index (Phi) is 16.9. The Morgan fingerprint density at radius 3 is 1.07 bits per heavy atom. The van der Waals surface area contributed by atoms with E-state index in [0.717, 1.165) is 48.5 Å². The van der Waals surface area contributed by atoms with Crippen molar-refractivity contribution in [2.75, 3.05) is 0 Å². The van der Waals surface area contributed by atoms with Gasteiger partial charge in [0.15, 0.2) is 0 Å². The van der Waals surface area contributed by atoms with Gasteiger partial charge in [0.2, 0.25) is 0 Å². The molecule has 0 fully saturated rings. The number of rotatable bonds is 4. The van der Waals surface area contributed by atoms with Crippen LogP contribution < -0.4 is 0 Å². The monoisotopic (exact) mass is 854 g/mol. The van der Waals surface area contributed by atoms with Gasteiger partial charge < -0.3 is 10.2 Å². The largest absolute Gasteiger partial charge is 0.168 e. The molecular formula is C46H38F6O2SiZr. The van der Waals surface area contributed by atoms with E-state index in [0.29, 0.717) is 0 Å². The molecule has 0 aromatic heterocycles. The maximum absolute atomic E-state index is 11.8. The average molecular weight is 856 g/mol. The van der Waals surface area contributed by atoms with Crippen molar-refractivity contribution in [3.05, 3.63) is 216 Å². The van der Waals surface area contributed by atoms with Crippen molar-refractivity contribution in [2.24, 2.45) is 0 Å². The van der Waals surface area contributed by atoms with Gasteiger partial charge in [-0.2, -0.15) is 61.4 Å². The van der Waals surface area contributed by atoms with Gasteiger partial charge in [-0.1, -0.05) is 12.1 Å². The summed E-state index contributed by atoms with van der Waals surface area (Å²) in [6.07, 6.45) is -8.65. The summed E-state index contributed by atoms with van der Waals surface area (Å²) in [4.78, 5) is 0. The molecule has 0 saturated heterocycles. The van der Waals surface area contributed by atoms with Crippen LogP contribution in [0.25, 0.3) is 21.5 Å². The van der Waals surface area contributed by atoms with Gasteiger partial charge in [-0.15, -0.1) is 59.3 Å². The minimum Gasteiger partial charge on any atom is -0.168 e. The molecule has 10 heteroatoms. The van der Waals surface area contributed by atoms with Crippen LogP contribution in [0.2, 0.25) is 0 Å². The first kappa shape index (κ1) is 43.5. The first-order chi connectivity index (χ1) is 26.8. The molecule has 0 aliphatic carbocycles. The van der Waals surface area contributed by atoms with Crippen LogP contribution in [0.3, 0.4) is 0 Å². The third-order valence-corrected chi connectivity index (χ3v) is 12.3. The summed E-state index contributed by atoms with van der Waals surface area (Å²) in [5.41, 5.74) is 1.29. The van der Waals surface area contributed by atoms with Crippen molar-refractivity contribution in [3.63, 3.8) is 0 Å². The number of benzene rings is 6. The molecule has 0 aliphatic rings. The minimum absolute atomic E-state index is 0.169. The smallest absolute Gasteiger partial charge is 0.0809 e. The fourth-order valence-electron chi connectivity index (χ4n) is 5.19. The van der Waals surface area contributed by atoms with Crippen LogP contribution in [0.4, 0.5) is 26.3 Å². The summed E-state index contributed by atoms with van der Waals surface area (Å²) < 4.78 is 71.0. The van der Waals surface area contributed by atoms with Gasteiger partial charge in [0.25, 0.3) is 0 Å². The standard InChI is InChI=1S/C14H14Si.2C9H7.2C7H5F3O.Zr/c1-3-7-13(8-4-1)11-15-12-14-9-5-2-6-10-14;2*1-2-5-9-7-3-6-8(9)4-1;2*8-7(9,10)5-1-3-6(11)4-2-5;/h1-10H,11-12H2;2*1-7H;2*1-4,11H;/q;2*-1;;;+2. The molecule has 2 nitrogen and oxygen atoms in total. The molecule has 0 spiro atoms. The molecule has 8 aromatic carbocycles. The number of phenolic OH excluding ortho intramolecular Hbond substituents is 2. The van der Waals surface area contributed by atoms with E-state index in [1.54, 1.807) is 23.3 Å². The van der Waals surface area contributed by atoms with Gasteiger partial charge >= 0.3 is 125 Å². The van der Waals surface area contributed by atoms with Crippen LogP contribution in [0, 0.1) is 0 Å². The normalized spacial score (nSPS) is 10.7. The maximum atomic E-state index is 11.8. The maximum Gasteiger partial charge on any atom is -0.0809 e. The average Bonchev–Trinajstić information content (AvgIpc) is 3.87. The van der Waals surface area contributed by atoms with E-state index in [-0.39, 0.29) is 16.9 Å². The van der Waals surface area contributed by atoms with Gasteiger partial charge in [-0.3, -0.25) is 0 Å². The second-order valence-electron chi connectivity index (χ2n) is 12.3. The van der Waals surface area contributed by atoms with Crippen LogP contribution in [0.5, 0.6) is 11.5 Å². The minimum atomic E-state index is -4.33. The summed E-state index contributed by atoms with van der Waals surface area (Å²) in [5, 5.41) is 22.6. The van der Waals surface area contributed by atoms with Crippen LogP contribution >= 0.6 is 0 Å². The molecule has 2 N–H and O–H groups in total. The zero-order valence-corrected chi connectivity index (χ0v) is 33.5. The number of hydrogen-bond donors (Lipinski definition) is 2. The molecule has 56 heavy (non-hydrogen) atoms. The van der Waals surface area contributed by atoms with Crippen molar-refractivity contribution < 1.29 is 59.9 Å². The summed E-state index contributed by atoms with van der Waals surface area (Å²) in [6.45, 7) is 0. The van der Waals surface area contributed by atoms with Crippen LogP contribution in [-0.2, 0) is 47.8 Å². The summed E-state index contributed by atoms with van der Waals surface area (Å²) in [6, 6.07) is 61.0. The van der Waals surface area contributed by atoms with Gasteiger partial charge in [0, 0.05) is 0 Å². The summed E-state index contributed by atoms with van der Waals surface area (Å²) >= 11 is 1.73. The zero-order chi connectivity index (χ0) is 40.4. The Morgan fingerprint density at radius 2 is 0.750 bits per heavy atom. The van der Waals surface area contributed by atoms with Crippen LogP contribution in [-0.4, -0.2) is 15.6 Å². The predicted molar refractivity (Wildman–Crippen MR) is 211 cm³/mol. The second kappa shape index (κ2) is 21.8. The van der Waals surface area contributed by atoms with Crippen molar-refractivity contribution in [1.29, 1.82) is 0 Å². The van der Waals surface area contributed by atoms with Gasteiger partial charge in [0.05, 0.1) is 11.1 Å². The second-order valence-corrected chi connectivity index (χ2v) is 19.5. The molecule has 0 radical (unpaired) electrons.